The van der Waals surface area contributed by atoms with Crippen LogP contribution in [0.5, 0.6) is 5.75 Å². The van der Waals surface area contributed by atoms with E-state index in [-0.39, 0.29) is 6.61 Å². The van der Waals surface area contributed by atoms with Gasteiger partial charge in [0.15, 0.2) is 0 Å². The summed E-state index contributed by atoms with van der Waals surface area (Å²) in [5.41, 5.74) is 0.599. The first-order valence-corrected chi connectivity index (χ1v) is 9.09. The van der Waals surface area contributed by atoms with Crippen LogP contribution in [-0.4, -0.2) is 89.3 Å². The zero-order valence-corrected chi connectivity index (χ0v) is 16.2. The van der Waals surface area contributed by atoms with E-state index in [1.807, 2.05) is 0 Å². The summed E-state index contributed by atoms with van der Waals surface area (Å²) in [6.45, 7) is 2.27. The average Bonchev–Trinajstić information content (AvgIpc) is 2.71. The molecule has 0 aromatic heterocycles. The average molecular weight is 413 g/mol. The van der Waals surface area contributed by atoms with Gasteiger partial charge in [0.25, 0.3) is 0 Å². The molecule has 0 saturated heterocycles. The number of nitrogens with one attached hydrogen (secondary N) is 1. The SMILES string of the molecule is O=Cc1ccc(OCCOCCOCCOCCNC(=O)COCC(=O)O)cc1. The van der Waals surface area contributed by atoms with Crippen LogP contribution in [0, 0.1) is 0 Å². The maximum atomic E-state index is 11.3. The molecule has 1 rings (SSSR count). The second-order valence-electron chi connectivity index (χ2n) is 5.61. The van der Waals surface area contributed by atoms with Crippen molar-refractivity contribution < 1.29 is 43.2 Å². The molecule has 0 heterocycles. The number of ether oxygens (including phenoxy) is 5. The van der Waals surface area contributed by atoms with Crippen molar-refractivity contribution >= 4 is 18.2 Å². The zero-order valence-electron chi connectivity index (χ0n) is 16.2. The molecular formula is C19H27NO9. The molecule has 0 saturated carbocycles. The summed E-state index contributed by atoms with van der Waals surface area (Å²) in [6.07, 6.45) is 0.777. The lowest BCUT2D eigenvalue weighted by molar-refractivity contribution is -0.143. The minimum atomic E-state index is -1.12. The Balaban J connectivity index is 1.81. The zero-order chi connectivity index (χ0) is 21.2. The van der Waals surface area contributed by atoms with Gasteiger partial charge in [0.05, 0.1) is 39.6 Å². The molecule has 162 valence electrons. The van der Waals surface area contributed by atoms with Crippen molar-refractivity contribution in [1.82, 2.24) is 5.32 Å². The molecule has 1 aromatic carbocycles. The van der Waals surface area contributed by atoms with Gasteiger partial charge in [-0.1, -0.05) is 0 Å². The smallest absolute Gasteiger partial charge is 0.329 e. The fourth-order valence-electron chi connectivity index (χ4n) is 1.95. The van der Waals surface area contributed by atoms with Crippen molar-refractivity contribution in [3.8, 4) is 5.75 Å². The summed E-state index contributed by atoms with van der Waals surface area (Å²) >= 11 is 0. The van der Waals surface area contributed by atoms with Gasteiger partial charge >= 0.3 is 5.97 Å². The lowest BCUT2D eigenvalue weighted by Gasteiger charge is -2.09. The topological polar surface area (TPSA) is 130 Å². The number of carbonyl (C=O) groups excluding carboxylic acids is 2. The Morgan fingerprint density at radius 2 is 1.41 bits per heavy atom. The Morgan fingerprint density at radius 1 is 0.828 bits per heavy atom. The molecule has 2 N–H and O–H groups in total. The first kappa shape index (κ1) is 24.5. The predicted octanol–water partition coefficient (Wildman–Crippen LogP) is 0.145. The van der Waals surface area contributed by atoms with Crippen LogP contribution in [0.3, 0.4) is 0 Å². The Morgan fingerprint density at radius 3 is 2.00 bits per heavy atom. The van der Waals surface area contributed by atoms with Crippen LogP contribution in [-0.2, 0) is 28.5 Å². The number of hydrogen-bond acceptors (Lipinski definition) is 8. The highest BCUT2D eigenvalue weighted by Gasteiger charge is 2.03. The van der Waals surface area contributed by atoms with Crippen LogP contribution in [0.15, 0.2) is 24.3 Å². The number of aliphatic carboxylic acids is 1. The number of rotatable bonds is 18. The monoisotopic (exact) mass is 413 g/mol. The lowest BCUT2D eigenvalue weighted by Crippen LogP contribution is -2.31. The van der Waals surface area contributed by atoms with Crippen LogP contribution >= 0.6 is 0 Å². The number of carboxylic acid groups (broad SMARTS) is 1. The van der Waals surface area contributed by atoms with Gasteiger partial charge in [0, 0.05) is 12.1 Å². The molecule has 0 aliphatic heterocycles. The van der Waals surface area contributed by atoms with E-state index < -0.39 is 18.5 Å². The molecule has 0 fully saturated rings. The van der Waals surface area contributed by atoms with Crippen molar-refractivity contribution in [3.63, 3.8) is 0 Å². The minimum Gasteiger partial charge on any atom is -0.491 e. The van der Waals surface area contributed by atoms with E-state index in [0.29, 0.717) is 64.1 Å². The van der Waals surface area contributed by atoms with Gasteiger partial charge < -0.3 is 34.1 Å². The standard InChI is InChI=1S/C19H27NO9/c21-13-16-1-3-17(4-2-16)29-12-11-27-10-9-26-8-7-25-6-5-20-18(22)14-28-15-19(23)24/h1-4,13H,5-12,14-15H2,(H,20,22)(H,23,24). The molecule has 0 atom stereocenters. The highest BCUT2D eigenvalue weighted by molar-refractivity contribution is 5.77. The fourth-order valence-corrected chi connectivity index (χ4v) is 1.95. The van der Waals surface area contributed by atoms with E-state index in [9.17, 15) is 14.4 Å². The molecule has 1 amide bonds. The van der Waals surface area contributed by atoms with Gasteiger partial charge in [0.2, 0.25) is 5.91 Å². The summed E-state index contributed by atoms with van der Waals surface area (Å²) in [5, 5.41) is 10.9. The number of aldehydes is 1. The van der Waals surface area contributed by atoms with Crippen LogP contribution < -0.4 is 10.1 Å². The van der Waals surface area contributed by atoms with Crippen molar-refractivity contribution in [2.24, 2.45) is 0 Å². The Labute approximate surface area is 169 Å². The van der Waals surface area contributed by atoms with Crippen LogP contribution in [0.2, 0.25) is 0 Å². The van der Waals surface area contributed by atoms with Gasteiger partial charge in [-0.3, -0.25) is 9.59 Å². The quantitative estimate of drug-likeness (QED) is 0.255. The highest BCUT2D eigenvalue weighted by atomic mass is 16.6. The molecule has 0 spiro atoms. The van der Waals surface area contributed by atoms with E-state index in [2.05, 4.69) is 10.1 Å². The second kappa shape index (κ2) is 16.4. The van der Waals surface area contributed by atoms with Crippen molar-refractivity contribution in [3.05, 3.63) is 29.8 Å². The molecule has 29 heavy (non-hydrogen) atoms. The molecule has 0 bridgehead atoms. The Hall–Kier alpha value is -2.53. The highest BCUT2D eigenvalue weighted by Crippen LogP contribution is 2.10. The third-order valence-corrected chi connectivity index (χ3v) is 3.28. The number of amides is 1. The lowest BCUT2D eigenvalue weighted by atomic mass is 10.2. The molecule has 0 aliphatic rings. The maximum absolute atomic E-state index is 11.3. The second-order valence-corrected chi connectivity index (χ2v) is 5.61. The van der Waals surface area contributed by atoms with Crippen LogP contribution in [0.1, 0.15) is 10.4 Å². The number of carboxylic acids is 1. The van der Waals surface area contributed by atoms with E-state index in [1.165, 1.54) is 0 Å². The molecule has 1 aromatic rings. The molecular weight excluding hydrogens is 386 g/mol. The summed E-state index contributed by atoms with van der Waals surface area (Å²) in [4.78, 5) is 32.0. The van der Waals surface area contributed by atoms with E-state index in [1.54, 1.807) is 24.3 Å². The molecule has 10 heteroatoms. The van der Waals surface area contributed by atoms with E-state index in [0.717, 1.165) is 6.29 Å². The first-order chi connectivity index (χ1) is 14.1. The van der Waals surface area contributed by atoms with E-state index >= 15 is 0 Å². The Kier molecular flexibility index (Phi) is 13.9. The Bertz CT molecular complexity index is 592. The van der Waals surface area contributed by atoms with Crippen molar-refractivity contribution in [2.75, 3.05) is 66.0 Å². The third kappa shape index (κ3) is 14.2. The summed E-state index contributed by atoms with van der Waals surface area (Å²) in [6, 6.07) is 6.82. The summed E-state index contributed by atoms with van der Waals surface area (Å²) in [5.74, 6) is -0.844. The number of carbonyl (C=O) groups is 3. The molecule has 0 radical (unpaired) electrons. The normalized spacial score (nSPS) is 10.5. The largest absolute Gasteiger partial charge is 0.491 e. The maximum Gasteiger partial charge on any atom is 0.329 e. The fraction of sp³-hybridized carbons (Fsp3) is 0.526. The third-order valence-electron chi connectivity index (χ3n) is 3.28. The number of benzene rings is 1. The minimum absolute atomic E-state index is 0.299. The van der Waals surface area contributed by atoms with Gasteiger partial charge in [0.1, 0.15) is 31.9 Å². The van der Waals surface area contributed by atoms with Gasteiger partial charge in [-0.15, -0.1) is 0 Å². The predicted molar refractivity (Wildman–Crippen MR) is 101 cm³/mol. The summed E-state index contributed by atoms with van der Waals surface area (Å²) < 4.78 is 26.1. The van der Waals surface area contributed by atoms with Crippen molar-refractivity contribution in [2.45, 2.75) is 0 Å². The molecule has 0 aliphatic carbocycles. The molecule has 10 nitrogen and oxygen atoms in total. The summed E-state index contributed by atoms with van der Waals surface area (Å²) in [7, 11) is 0. The molecule has 0 unspecified atom stereocenters. The van der Waals surface area contributed by atoms with Gasteiger partial charge in [-0.25, -0.2) is 4.79 Å². The van der Waals surface area contributed by atoms with Crippen LogP contribution in [0.4, 0.5) is 0 Å². The van der Waals surface area contributed by atoms with Gasteiger partial charge in [-0.05, 0) is 24.3 Å². The first-order valence-electron chi connectivity index (χ1n) is 9.09. The number of hydrogen-bond donors (Lipinski definition) is 2. The van der Waals surface area contributed by atoms with E-state index in [4.69, 9.17) is 24.1 Å². The van der Waals surface area contributed by atoms with Crippen molar-refractivity contribution in [1.29, 1.82) is 0 Å². The van der Waals surface area contributed by atoms with Crippen LogP contribution in [0.25, 0.3) is 0 Å². The van der Waals surface area contributed by atoms with Gasteiger partial charge in [-0.2, -0.15) is 0 Å².